The Bertz CT molecular complexity index is 371. The number of nitriles is 1. The van der Waals surface area contributed by atoms with E-state index in [1.807, 2.05) is 6.07 Å². The van der Waals surface area contributed by atoms with Gasteiger partial charge < -0.3 is 0 Å². The minimum absolute atomic E-state index is 0.0443. The van der Waals surface area contributed by atoms with Crippen molar-refractivity contribution in [2.24, 2.45) is 0 Å². The third-order valence-corrected chi connectivity index (χ3v) is 1.68. The predicted octanol–water partition coefficient (Wildman–Crippen LogP) is 2.02. The Morgan fingerprint density at radius 1 is 1.90 bits per heavy atom. The molecular formula is C7H5BrN2. The molecule has 2 nitrogen and oxygen atoms in total. The van der Waals surface area contributed by atoms with Gasteiger partial charge in [0, 0.05) is 10.6 Å². The molecule has 10 heavy (non-hydrogen) atoms. The zero-order chi connectivity index (χ0) is 9.30. The maximum atomic E-state index is 8.65. The van der Waals surface area contributed by atoms with Crippen LogP contribution in [0.5, 0.6) is 0 Å². The van der Waals surface area contributed by atoms with Crippen LogP contribution < -0.4 is 0 Å². The molecule has 1 aromatic heterocycles. The van der Waals surface area contributed by atoms with Gasteiger partial charge in [0.25, 0.3) is 0 Å². The summed E-state index contributed by atoms with van der Waals surface area (Å²) < 4.78 is 14.9. The summed E-state index contributed by atoms with van der Waals surface area (Å²) in [7, 11) is 0. The average molecular weight is 199 g/mol. The standard InChI is InChI=1S/C7H5BrN2/c1-5-6(4-9)7(8)2-3-10-5/h2-3H,1H3/i2D,3D. The lowest BCUT2D eigenvalue weighted by Gasteiger charge is -1.95. The van der Waals surface area contributed by atoms with Crippen molar-refractivity contribution in [3.8, 4) is 6.07 Å². The van der Waals surface area contributed by atoms with Gasteiger partial charge in [0.1, 0.15) is 6.07 Å². The monoisotopic (exact) mass is 198 g/mol. The Morgan fingerprint density at radius 3 is 3.20 bits per heavy atom. The Morgan fingerprint density at radius 2 is 2.60 bits per heavy atom. The first-order chi connectivity index (χ1) is 5.57. The van der Waals surface area contributed by atoms with Gasteiger partial charge in [-0.05, 0) is 28.9 Å². The number of rotatable bonds is 0. The van der Waals surface area contributed by atoms with Gasteiger partial charge in [0.15, 0.2) is 0 Å². The molecule has 3 heteroatoms. The summed E-state index contributed by atoms with van der Waals surface area (Å²) in [6, 6.07) is 1.87. The zero-order valence-corrected chi connectivity index (χ0v) is 6.86. The molecule has 0 aliphatic rings. The van der Waals surface area contributed by atoms with Crippen LogP contribution in [0.15, 0.2) is 16.7 Å². The SMILES string of the molecule is [2H]c1nc(C)c(C#N)c(Br)c1[2H]. The van der Waals surface area contributed by atoms with E-state index in [9.17, 15) is 0 Å². The molecule has 0 fully saturated rings. The quantitative estimate of drug-likeness (QED) is 0.640. The summed E-state index contributed by atoms with van der Waals surface area (Å²) in [6.45, 7) is 1.64. The van der Waals surface area contributed by atoms with E-state index in [1.54, 1.807) is 6.92 Å². The van der Waals surface area contributed by atoms with E-state index < -0.39 is 0 Å². The molecular weight excluding hydrogens is 192 g/mol. The molecule has 0 radical (unpaired) electrons. The molecule has 1 heterocycles. The first-order valence-electron chi connectivity index (χ1n) is 3.61. The molecule has 50 valence electrons. The second-order valence-corrected chi connectivity index (χ2v) is 2.53. The van der Waals surface area contributed by atoms with Crippen molar-refractivity contribution in [3.63, 3.8) is 0 Å². The van der Waals surface area contributed by atoms with Crippen LogP contribution in [0.4, 0.5) is 0 Å². The van der Waals surface area contributed by atoms with E-state index >= 15 is 0 Å². The molecule has 1 rings (SSSR count). The number of nitrogens with zero attached hydrogens (tertiary/aromatic N) is 2. The Balaban J connectivity index is 3.54. The Kier molecular flexibility index (Phi) is 1.36. The maximum absolute atomic E-state index is 8.65. The summed E-state index contributed by atoms with van der Waals surface area (Å²) >= 11 is 3.07. The van der Waals surface area contributed by atoms with Crippen LogP contribution in [-0.2, 0) is 0 Å². The molecule has 0 atom stereocenters. The van der Waals surface area contributed by atoms with E-state index in [4.69, 9.17) is 8.00 Å². The summed E-state index contributed by atoms with van der Waals surface area (Å²) in [5, 5.41) is 8.65. The van der Waals surface area contributed by atoms with Crippen LogP contribution in [0.25, 0.3) is 0 Å². The van der Waals surface area contributed by atoms with Crippen molar-refractivity contribution >= 4 is 15.9 Å². The second-order valence-electron chi connectivity index (χ2n) is 1.73. The number of hydrogen-bond donors (Lipinski definition) is 0. The van der Waals surface area contributed by atoms with E-state index in [2.05, 4.69) is 20.9 Å². The highest BCUT2D eigenvalue weighted by Gasteiger charge is 2.00. The lowest BCUT2D eigenvalue weighted by Crippen LogP contribution is -1.86. The van der Waals surface area contributed by atoms with E-state index in [0.29, 0.717) is 15.7 Å². The normalized spacial score (nSPS) is 11.7. The number of aromatic nitrogens is 1. The molecule has 0 saturated heterocycles. The van der Waals surface area contributed by atoms with Gasteiger partial charge in [0.2, 0.25) is 0 Å². The Hall–Kier alpha value is -0.880. The summed E-state index contributed by atoms with van der Waals surface area (Å²) in [5.41, 5.74) is 0.807. The molecule has 0 aliphatic carbocycles. The molecule has 0 aliphatic heterocycles. The van der Waals surface area contributed by atoms with Crippen molar-refractivity contribution in [2.75, 3.05) is 0 Å². The van der Waals surface area contributed by atoms with Crippen LogP contribution in [0.2, 0.25) is 0 Å². The van der Waals surface area contributed by atoms with Crippen molar-refractivity contribution < 1.29 is 2.74 Å². The van der Waals surface area contributed by atoms with Gasteiger partial charge >= 0.3 is 0 Å². The van der Waals surface area contributed by atoms with Crippen molar-refractivity contribution in [1.29, 1.82) is 5.26 Å². The molecule has 0 amide bonds. The highest BCUT2D eigenvalue weighted by Crippen LogP contribution is 2.16. The smallest absolute Gasteiger partial charge is 0.102 e. The summed E-state index contributed by atoms with van der Waals surface area (Å²) in [5.74, 6) is 0. The third kappa shape index (κ3) is 1.17. The minimum atomic E-state index is -0.113. The molecule has 0 saturated carbocycles. The van der Waals surface area contributed by atoms with E-state index in [0.717, 1.165) is 0 Å². The third-order valence-electron chi connectivity index (χ3n) is 1.08. The van der Waals surface area contributed by atoms with Crippen molar-refractivity contribution in [2.45, 2.75) is 6.92 Å². The lowest BCUT2D eigenvalue weighted by atomic mass is 10.2. The molecule has 0 spiro atoms. The van der Waals surface area contributed by atoms with Crippen LogP contribution in [-0.4, -0.2) is 4.98 Å². The number of hydrogen-bond acceptors (Lipinski definition) is 2. The van der Waals surface area contributed by atoms with Crippen LogP contribution in [0.1, 0.15) is 14.0 Å². The highest BCUT2D eigenvalue weighted by atomic mass is 79.9. The maximum Gasteiger partial charge on any atom is 0.102 e. The average Bonchev–Trinajstić information content (AvgIpc) is 2.01. The molecule has 0 aromatic carbocycles. The van der Waals surface area contributed by atoms with Gasteiger partial charge in [0.05, 0.1) is 14.0 Å². The van der Waals surface area contributed by atoms with Gasteiger partial charge in [-0.3, -0.25) is 4.98 Å². The number of halogens is 1. The minimum Gasteiger partial charge on any atom is -0.260 e. The van der Waals surface area contributed by atoms with Crippen LogP contribution >= 0.6 is 15.9 Å². The first-order valence-corrected chi connectivity index (χ1v) is 3.40. The number of pyridine rings is 1. The fourth-order valence-electron chi connectivity index (χ4n) is 0.568. The van der Waals surface area contributed by atoms with Crippen LogP contribution in [0, 0.1) is 18.3 Å². The highest BCUT2D eigenvalue weighted by molar-refractivity contribution is 9.10. The largest absolute Gasteiger partial charge is 0.260 e. The fourth-order valence-corrected chi connectivity index (χ4v) is 1.03. The van der Waals surface area contributed by atoms with Crippen LogP contribution in [0.3, 0.4) is 0 Å². The summed E-state index contributed by atoms with van der Waals surface area (Å²) in [4.78, 5) is 3.73. The second kappa shape index (κ2) is 2.80. The molecule has 0 unspecified atom stereocenters. The molecule has 1 aromatic rings. The first kappa shape index (κ1) is 4.86. The van der Waals surface area contributed by atoms with Gasteiger partial charge in [-0.1, -0.05) is 0 Å². The van der Waals surface area contributed by atoms with Crippen molar-refractivity contribution in [3.05, 3.63) is 27.9 Å². The summed E-state index contributed by atoms with van der Waals surface area (Å²) in [6.07, 6.45) is -0.113. The Labute approximate surface area is 70.5 Å². The van der Waals surface area contributed by atoms with E-state index in [-0.39, 0.29) is 12.2 Å². The zero-order valence-electron chi connectivity index (χ0n) is 7.27. The fraction of sp³-hybridized carbons (Fsp3) is 0.143. The van der Waals surface area contributed by atoms with Gasteiger partial charge in [-0.25, -0.2) is 0 Å². The van der Waals surface area contributed by atoms with E-state index in [1.165, 1.54) is 0 Å². The predicted molar refractivity (Wildman–Crippen MR) is 41.4 cm³/mol. The topological polar surface area (TPSA) is 36.7 Å². The van der Waals surface area contributed by atoms with Crippen molar-refractivity contribution in [1.82, 2.24) is 4.98 Å². The number of aryl methyl sites for hydroxylation is 1. The molecule has 0 N–H and O–H groups in total. The molecule has 0 bridgehead atoms. The lowest BCUT2D eigenvalue weighted by molar-refractivity contribution is 1.17. The van der Waals surface area contributed by atoms with Gasteiger partial charge in [-0.2, -0.15) is 5.26 Å². The van der Waals surface area contributed by atoms with Gasteiger partial charge in [-0.15, -0.1) is 0 Å².